The molecule has 8 bridgehead atoms. The van der Waals surface area contributed by atoms with E-state index >= 15 is 0 Å². The van der Waals surface area contributed by atoms with Crippen LogP contribution in [0.4, 0.5) is 0 Å². The van der Waals surface area contributed by atoms with E-state index in [9.17, 15) is 20.4 Å². The molecule has 1 aliphatic rings. The SMILES string of the molecule is CCCCCCCCCCC[C@@H]1c2cc(c(O)cc2O)[C@H](CCCCCCCCCCC)c2cc(c(OCCC)cc2OCCC)[C@H](CCCCCCCCCCC)c2cc(c(O)cc2O)[C@H](CCCCCCCCCCC)c2cc1c(OCCC)cc2OCCC. The van der Waals surface area contributed by atoms with Crippen LogP contribution in [0.2, 0.25) is 0 Å². The second kappa shape index (κ2) is 47.2. The van der Waals surface area contributed by atoms with Crippen molar-refractivity contribution in [3.05, 3.63) is 93.0 Å². The lowest BCUT2D eigenvalue weighted by atomic mass is 9.76. The summed E-state index contributed by atoms with van der Waals surface area (Å²) in [7, 11) is 0. The van der Waals surface area contributed by atoms with E-state index < -0.39 is 0 Å². The molecule has 4 N–H and O–H groups in total. The van der Waals surface area contributed by atoms with E-state index in [0.29, 0.717) is 26.4 Å². The van der Waals surface area contributed by atoms with E-state index in [0.717, 1.165) is 196 Å². The Morgan fingerprint density at radius 1 is 0.207 bits per heavy atom. The van der Waals surface area contributed by atoms with Crippen molar-refractivity contribution in [3.63, 3.8) is 0 Å². The van der Waals surface area contributed by atoms with Gasteiger partial charge in [0.15, 0.2) is 0 Å². The lowest BCUT2D eigenvalue weighted by Crippen LogP contribution is -2.15. The van der Waals surface area contributed by atoms with Gasteiger partial charge in [0.25, 0.3) is 0 Å². The molecule has 0 unspecified atom stereocenters. The number of hydrogen-bond donors (Lipinski definition) is 4. The van der Waals surface area contributed by atoms with Crippen LogP contribution < -0.4 is 18.9 Å². The van der Waals surface area contributed by atoms with Crippen LogP contribution in [0, 0.1) is 0 Å². The molecular weight excluding hydrogens is 1140 g/mol. The molecule has 520 valence electrons. The molecule has 4 atom stereocenters. The highest BCUT2D eigenvalue weighted by molar-refractivity contribution is 5.63. The van der Waals surface area contributed by atoms with Crippen molar-refractivity contribution in [3.8, 4) is 46.0 Å². The average molecular weight is 1270 g/mol. The summed E-state index contributed by atoms with van der Waals surface area (Å²) in [4.78, 5) is 0. The van der Waals surface area contributed by atoms with Gasteiger partial charge in [-0.15, -0.1) is 0 Å². The highest BCUT2D eigenvalue weighted by Gasteiger charge is 2.34. The number of phenolic OH excluding ortho intramolecular Hbond substituents is 4. The van der Waals surface area contributed by atoms with Crippen LogP contribution in [-0.4, -0.2) is 46.9 Å². The monoisotopic (exact) mass is 1270 g/mol. The van der Waals surface area contributed by atoms with E-state index in [4.69, 9.17) is 18.9 Å². The largest absolute Gasteiger partial charge is 0.508 e. The summed E-state index contributed by atoms with van der Waals surface area (Å²) in [5.74, 6) is 2.15. The van der Waals surface area contributed by atoms with E-state index in [1.54, 1.807) is 12.1 Å². The molecule has 4 aromatic carbocycles. The second-order valence-electron chi connectivity index (χ2n) is 27.9. The third-order valence-electron chi connectivity index (χ3n) is 19.9. The third-order valence-corrected chi connectivity index (χ3v) is 19.9. The summed E-state index contributed by atoms with van der Waals surface area (Å²) in [6, 6.07) is 16.6. The van der Waals surface area contributed by atoms with Crippen LogP contribution in [0.5, 0.6) is 46.0 Å². The lowest BCUT2D eigenvalue weighted by molar-refractivity contribution is 0.295. The Morgan fingerprint density at radius 3 is 0.565 bits per heavy atom. The van der Waals surface area contributed by atoms with E-state index in [2.05, 4.69) is 91.8 Å². The summed E-state index contributed by atoms with van der Waals surface area (Å²) < 4.78 is 27.8. The number of fused-ring (bicyclic) bond motifs is 8. The van der Waals surface area contributed by atoms with Crippen LogP contribution in [0.25, 0.3) is 0 Å². The first-order valence-electron chi connectivity index (χ1n) is 39.1. The maximum Gasteiger partial charge on any atom is 0.126 e. The number of benzene rings is 4. The predicted octanol–water partition coefficient (Wildman–Crippen LogP) is 26.2. The van der Waals surface area contributed by atoms with Gasteiger partial charge in [-0.05, 0) is 75.6 Å². The van der Waals surface area contributed by atoms with Gasteiger partial charge in [-0.1, -0.05) is 287 Å². The Morgan fingerprint density at radius 2 is 0.380 bits per heavy atom. The molecule has 8 nitrogen and oxygen atoms in total. The Balaban J connectivity index is 1.88. The number of rotatable bonds is 52. The number of ether oxygens (including phenoxy) is 4. The first-order valence-corrected chi connectivity index (χ1v) is 39.1. The van der Waals surface area contributed by atoms with Crippen molar-refractivity contribution in [2.45, 2.75) is 362 Å². The minimum atomic E-state index is -0.305. The number of phenols is 4. The fourth-order valence-electron chi connectivity index (χ4n) is 14.5. The summed E-state index contributed by atoms with van der Waals surface area (Å²) in [5, 5.41) is 50.9. The maximum absolute atomic E-state index is 12.7. The van der Waals surface area contributed by atoms with Crippen molar-refractivity contribution in [1.29, 1.82) is 0 Å². The van der Waals surface area contributed by atoms with Crippen molar-refractivity contribution in [1.82, 2.24) is 0 Å². The summed E-state index contributed by atoms with van der Waals surface area (Å²) >= 11 is 0. The third kappa shape index (κ3) is 26.5. The molecule has 0 saturated heterocycles. The standard InChI is InChI=1S/C84H136O8/c1-9-17-21-25-29-33-37-41-45-49-65-69-57-70(78(86)61-77(69)85)66(50-46-42-38-34-30-26-22-18-10-2)75-60-76(84(92-56-16-8)64-83(75)91-55-15-7)68(52-48-44-40-36-32-28-24-20-12-4)72-58-71(79(87)62-80(72)88)67(51-47-43-39-35-31-27-23-19-11-3)74-59-73(65)81(89-53-13-5)63-82(74)90-54-14-6/h57-68,85-88H,9-56H2,1-8H3/t65-,66+,67+,68-. The van der Waals surface area contributed by atoms with Crippen molar-refractivity contribution >= 4 is 0 Å². The Labute approximate surface area is 563 Å². The van der Waals surface area contributed by atoms with Crippen LogP contribution in [0.3, 0.4) is 0 Å². The van der Waals surface area contributed by atoms with Crippen LogP contribution in [-0.2, 0) is 0 Å². The first kappa shape index (κ1) is 78.0. The highest BCUT2D eigenvalue weighted by Crippen LogP contribution is 2.53. The van der Waals surface area contributed by atoms with E-state index in [1.807, 2.05) is 0 Å². The summed E-state index contributed by atoms with van der Waals surface area (Å²) in [6.07, 6.45) is 49.5. The zero-order valence-corrected chi connectivity index (χ0v) is 60.3. The normalized spacial score (nSPS) is 15.5. The van der Waals surface area contributed by atoms with Gasteiger partial charge in [-0.25, -0.2) is 0 Å². The molecule has 92 heavy (non-hydrogen) atoms. The van der Waals surface area contributed by atoms with E-state index in [-0.39, 0.29) is 46.7 Å². The predicted molar refractivity (Wildman–Crippen MR) is 390 cm³/mol. The topological polar surface area (TPSA) is 118 Å². The van der Waals surface area contributed by atoms with Gasteiger partial charge in [-0.3, -0.25) is 0 Å². The minimum Gasteiger partial charge on any atom is -0.508 e. The van der Waals surface area contributed by atoms with Crippen LogP contribution in [0.1, 0.15) is 406 Å². The Kier molecular flexibility index (Phi) is 40.0. The number of unbranched alkanes of at least 4 members (excludes halogenated alkanes) is 32. The number of aromatic hydroxyl groups is 4. The van der Waals surface area contributed by atoms with Crippen molar-refractivity contribution in [2.75, 3.05) is 26.4 Å². The molecule has 0 fully saturated rings. The molecule has 0 aromatic heterocycles. The van der Waals surface area contributed by atoms with Crippen LogP contribution >= 0.6 is 0 Å². The van der Waals surface area contributed by atoms with E-state index in [1.165, 1.54) is 154 Å². The molecule has 0 spiro atoms. The molecule has 1 aliphatic carbocycles. The van der Waals surface area contributed by atoms with Crippen LogP contribution in [0.15, 0.2) is 48.5 Å². The van der Waals surface area contributed by atoms with Crippen molar-refractivity contribution in [2.24, 2.45) is 0 Å². The van der Waals surface area contributed by atoms with Gasteiger partial charge in [0.1, 0.15) is 46.0 Å². The van der Waals surface area contributed by atoms with Gasteiger partial charge < -0.3 is 39.4 Å². The molecule has 0 radical (unpaired) electrons. The highest BCUT2D eigenvalue weighted by atomic mass is 16.5. The molecule has 0 amide bonds. The lowest BCUT2D eigenvalue weighted by Gasteiger charge is -2.31. The second-order valence-corrected chi connectivity index (χ2v) is 27.9. The quantitative estimate of drug-likeness (QED) is 0.0323. The van der Waals surface area contributed by atoms with Gasteiger partial charge in [-0.2, -0.15) is 0 Å². The van der Waals surface area contributed by atoms with Gasteiger partial charge >= 0.3 is 0 Å². The molecule has 0 heterocycles. The zero-order valence-electron chi connectivity index (χ0n) is 60.3. The van der Waals surface area contributed by atoms with Gasteiger partial charge in [0.05, 0.1) is 26.4 Å². The molecule has 4 aromatic rings. The minimum absolute atomic E-state index is 0.0870. The molecule has 0 saturated carbocycles. The molecular formula is C84H136O8. The molecule has 8 heteroatoms. The fourth-order valence-corrected chi connectivity index (χ4v) is 14.5. The summed E-state index contributed by atoms with van der Waals surface area (Å²) in [5.41, 5.74) is 7.17. The van der Waals surface area contributed by atoms with Gasteiger partial charge in [0.2, 0.25) is 0 Å². The average Bonchev–Trinajstić information content (AvgIpc) is 0.761. The Hall–Kier alpha value is -4.72. The smallest absolute Gasteiger partial charge is 0.126 e. The maximum atomic E-state index is 12.7. The van der Waals surface area contributed by atoms with Gasteiger partial charge in [0, 0.05) is 92.4 Å². The molecule has 5 rings (SSSR count). The fraction of sp³-hybridized carbons (Fsp3) is 0.714. The Bertz CT molecular complexity index is 2240. The molecule has 0 aliphatic heterocycles. The number of hydrogen-bond acceptors (Lipinski definition) is 8. The summed E-state index contributed by atoms with van der Waals surface area (Å²) in [6.45, 7) is 19.8. The van der Waals surface area contributed by atoms with Crippen molar-refractivity contribution < 1.29 is 39.4 Å². The first-order chi connectivity index (χ1) is 45.1. The zero-order chi connectivity index (χ0) is 66.0.